The summed E-state index contributed by atoms with van der Waals surface area (Å²) in [6, 6.07) is 7.38. The molecule has 0 aliphatic carbocycles. The smallest absolute Gasteiger partial charge is 0.233 e. The molecule has 106 valence electrons. The largest absolute Gasteiger partial charge is 0.388 e. The first kappa shape index (κ1) is 16.3. The molecule has 0 saturated carbocycles. The van der Waals surface area contributed by atoms with E-state index in [2.05, 4.69) is 5.32 Å². The molecule has 3 nitrogen and oxygen atoms in total. The molecule has 2 N–H and O–H groups in total. The number of benzene rings is 1. The Hall–Kier alpha value is -0.710. The summed E-state index contributed by atoms with van der Waals surface area (Å²) in [5.74, 6) is -0.0753. The van der Waals surface area contributed by atoms with Crippen LogP contribution in [0.4, 0.5) is 0 Å². The van der Waals surface area contributed by atoms with Crippen LogP contribution in [0.5, 0.6) is 0 Å². The summed E-state index contributed by atoms with van der Waals surface area (Å²) in [5.41, 5.74) is -0.847. The van der Waals surface area contributed by atoms with E-state index >= 15 is 0 Å². The molecule has 0 spiro atoms. The molecule has 1 aromatic carbocycles. The number of rotatable bonds is 6. The molecule has 2 unspecified atom stereocenters. The van der Waals surface area contributed by atoms with Gasteiger partial charge in [-0.1, -0.05) is 18.5 Å². The van der Waals surface area contributed by atoms with Gasteiger partial charge in [0.2, 0.25) is 5.91 Å². The highest BCUT2D eigenvalue weighted by Gasteiger charge is 2.21. The molecule has 0 heterocycles. The maximum Gasteiger partial charge on any atom is 0.233 e. The lowest BCUT2D eigenvalue weighted by Crippen LogP contribution is -2.42. The van der Waals surface area contributed by atoms with Crippen LogP contribution in [0.2, 0.25) is 5.02 Å². The Balaban J connectivity index is 2.47. The maximum atomic E-state index is 11.9. The van der Waals surface area contributed by atoms with Crippen molar-refractivity contribution in [3.05, 3.63) is 29.3 Å². The monoisotopic (exact) mass is 301 g/mol. The minimum absolute atomic E-state index is 0.0753. The molecular weight excluding hydrogens is 282 g/mol. The highest BCUT2D eigenvalue weighted by Crippen LogP contribution is 2.24. The van der Waals surface area contributed by atoms with Gasteiger partial charge in [0.15, 0.2) is 0 Å². The minimum atomic E-state index is -0.847. The van der Waals surface area contributed by atoms with Crippen LogP contribution in [-0.4, -0.2) is 28.4 Å². The fraction of sp³-hybridized carbons (Fsp3) is 0.500. The van der Waals surface area contributed by atoms with Gasteiger partial charge >= 0.3 is 0 Å². The average Bonchev–Trinajstić information content (AvgIpc) is 2.38. The van der Waals surface area contributed by atoms with Gasteiger partial charge in [-0.15, -0.1) is 11.8 Å². The van der Waals surface area contributed by atoms with Crippen LogP contribution in [0.3, 0.4) is 0 Å². The van der Waals surface area contributed by atoms with Crippen molar-refractivity contribution in [3.8, 4) is 0 Å². The molecule has 0 aliphatic rings. The Morgan fingerprint density at radius 1 is 1.47 bits per heavy atom. The van der Waals surface area contributed by atoms with Gasteiger partial charge in [-0.05, 0) is 44.5 Å². The minimum Gasteiger partial charge on any atom is -0.388 e. The molecule has 0 aliphatic heterocycles. The number of amides is 1. The lowest BCUT2D eigenvalue weighted by molar-refractivity contribution is -0.121. The zero-order valence-electron chi connectivity index (χ0n) is 11.4. The third kappa shape index (κ3) is 5.85. The molecule has 1 aromatic rings. The van der Waals surface area contributed by atoms with Crippen molar-refractivity contribution in [2.45, 2.75) is 42.9 Å². The Bertz CT molecular complexity index is 420. The average molecular weight is 302 g/mol. The summed E-state index contributed by atoms with van der Waals surface area (Å²) in [5, 5.41) is 13.1. The predicted molar refractivity (Wildman–Crippen MR) is 80.7 cm³/mol. The first-order valence-electron chi connectivity index (χ1n) is 6.26. The highest BCUT2D eigenvalue weighted by molar-refractivity contribution is 8.00. The van der Waals surface area contributed by atoms with E-state index in [-0.39, 0.29) is 17.7 Å². The summed E-state index contributed by atoms with van der Waals surface area (Å²) < 4.78 is 0. The van der Waals surface area contributed by atoms with Crippen LogP contribution >= 0.6 is 23.4 Å². The molecule has 0 aromatic heterocycles. The normalized spacial score (nSPS) is 15.6. The standard InChI is InChI=1S/C14H20ClNO2S/c1-4-14(3,18)9-16-13(17)10(2)19-12-7-5-11(15)6-8-12/h5-8,10,18H,4,9H2,1-3H3,(H,16,17). The first-order chi connectivity index (χ1) is 8.84. The van der Waals surface area contributed by atoms with Gasteiger partial charge in [-0.25, -0.2) is 0 Å². The summed E-state index contributed by atoms with van der Waals surface area (Å²) in [6.07, 6.45) is 0.603. The fourth-order valence-electron chi connectivity index (χ4n) is 1.32. The Morgan fingerprint density at radius 2 is 2.05 bits per heavy atom. The molecule has 1 rings (SSSR count). The Labute approximate surface area is 123 Å². The molecule has 5 heteroatoms. The quantitative estimate of drug-likeness (QED) is 0.794. The highest BCUT2D eigenvalue weighted by atomic mass is 35.5. The van der Waals surface area contributed by atoms with Crippen molar-refractivity contribution in [1.82, 2.24) is 5.32 Å². The Morgan fingerprint density at radius 3 is 2.58 bits per heavy atom. The summed E-state index contributed by atoms with van der Waals surface area (Å²) in [4.78, 5) is 12.9. The van der Waals surface area contributed by atoms with Crippen LogP contribution in [0.15, 0.2) is 29.2 Å². The van der Waals surface area contributed by atoms with Crippen molar-refractivity contribution in [3.63, 3.8) is 0 Å². The second-order valence-corrected chi connectivity index (χ2v) is 6.63. The maximum absolute atomic E-state index is 11.9. The molecule has 0 fully saturated rings. The zero-order chi connectivity index (χ0) is 14.5. The molecular formula is C14H20ClNO2S. The number of carbonyl (C=O) groups is 1. The third-order valence-electron chi connectivity index (χ3n) is 2.90. The Kier molecular flexibility index (Phi) is 6.17. The lowest BCUT2D eigenvalue weighted by atomic mass is 10.0. The molecule has 19 heavy (non-hydrogen) atoms. The molecule has 1 amide bonds. The summed E-state index contributed by atoms with van der Waals surface area (Å²) >= 11 is 7.28. The zero-order valence-corrected chi connectivity index (χ0v) is 13.0. The number of thioether (sulfide) groups is 1. The van der Waals surface area contributed by atoms with Crippen LogP contribution in [-0.2, 0) is 4.79 Å². The number of hydrogen-bond acceptors (Lipinski definition) is 3. The number of halogens is 1. The van der Waals surface area contributed by atoms with E-state index in [9.17, 15) is 9.90 Å². The van der Waals surface area contributed by atoms with E-state index in [0.717, 1.165) is 4.90 Å². The van der Waals surface area contributed by atoms with Gasteiger partial charge < -0.3 is 10.4 Å². The van der Waals surface area contributed by atoms with E-state index in [4.69, 9.17) is 11.6 Å². The summed E-state index contributed by atoms with van der Waals surface area (Å²) in [6.45, 7) is 5.71. The van der Waals surface area contributed by atoms with E-state index in [1.54, 1.807) is 19.1 Å². The van der Waals surface area contributed by atoms with Crippen LogP contribution in [0.1, 0.15) is 27.2 Å². The van der Waals surface area contributed by atoms with Crippen molar-refractivity contribution >= 4 is 29.3 Å². The number of carbonyl (C=O) groups excluding carboxylic acids is 1. The van der Waals surface area contributed by atoms with Gasteiger partial charge in [0.25, 0.3) is 0 Å². The molecule has 0 saturated heterocycles. The fourth-order valence-corrected chi connectivity index (χ4v) is 2.33. The summed E-state index contributed by atoms with van der Waals surface area (Å²) in [7, 11) is 0. The molecule has 0 bridgehead atoms. The van der Waals surface area contributed by atoms with Gasteiger partial charge in [0.05, 0.1) is 10.9 Å². The third-order valence-corrected chi connectivity index (χ3v) is 4.26. The second kappa shape index (κ2) is 7.17. The van der Waals surface area contributed by atoms with Crippen molar-refractivity contribution < 1.29 is 9.90 Å². The number of hydrogen-bond donors (Lipinski definition) is 2. The first-order valence-corrected chi connectivity index (χ1v) is 7.52. The topological polar surface area (TPSA) is 49.3 Å². The van der Waals surface area contributed by atoms with Crippen molar-refractivity contribution in [2.24, 2.45) is 0 Å². The van der Waals surface area contributed by atoms with Crippen LogP contribution in [0.25, 0.3) is 0 Å². The second-order valence-electron chi connectivity index (χ2n) is 4.78. The van der Waals surface area contributed by atoms with Crippen molar-refractivity contribution in [1.29, 1.82) is 0 Å². The van der Waals surface area contributed by atoms with Gasteiger partial charge in [-0.2, -0.15) is 0 Å². The SMILES string of the molecule is CCC(C)(O)CNC(=O)C(C)Sc1ccc(Cl)cc1. The predicted octanol–water partition coefficient (Wildman–Crippen LogP) is 3.10. The van der Waals surface area contributed by atoms with E-state index in [1.165, 1.54) is 11.8 Å². The van der Waals surface area contributed by atoms with Gasteiger partial charge in [0, 0.05) is 16.5 Å². The number of aliphatic hydroxyl groups is 1. The van der Waals surface area contributed by atoms with Crippen LogP contribution in [0, 0.1) is 0 Å². The van der Waals surface area contributed by atoms with E-state index < -0.39 is 5.60 Å². The van der Waals surface area contributed by atoms with Gasteiger partial charge in [0.1, 0.15) is 0 Å². The number of nitrogens with one attached hydrogen (secondary N) is 1. The molecule has 2 atom stereocenters. The molecule has 0 radical (unpaired) electrons. The van der Waals surface area contributed by atoms with Crippen molar-refractivity contribution in [2.75, 3.05) is 6.54 Å². The lowest BCUT2D eigenvalue weighted by Gasteiger charge is -2.22. The van der Waals surface area contributed by atoms with E-state index in [0.29, 0.717) is 11.4 Å². The van der Waals surface area contributed by atoms with Gasteiger partial charge in [-0.3, -0.25) is 4.79 Å². The van der Waals surface area contributed by atoms with E-state index in [1.807, 2.05) is 26.0 Å². The van der Waals surface area contributed by atoms with Crippen LogP contribution < -0.4 is 5.32 Å².